The van der Waals surface area contributed by atoms with Crippen LogP contribution in [0, 0.1) is 5.92 Å². The van der Waals surface area contributed by atoms with Crippen LogP contribution in [0.1, 0.15) is 53.4 Å². The van der Waals surface area contributed by atoms with E-state index in [4.69, 9.17) is 0 Å². The fourth-order valence-electron chi connectivity index (χ4n) is 3.20. The Labute approximate surface area is 103 Å². The molecule has 0 aliphatic heterocycles. The normalized spacial score (nSPS) is 29.1. The van der Waals surface area contributed by atoms with Crippen molar-refractivity contribution in [1.29, 1.82) is 0 Å². The topological polar surface area (TPSA) is 57.6 Å². The quantitative estimate of drug-likeness (QED) is 0.824. The second-order valence-electron chi connectivity index (χ2n) is 5.52. The molecule has 0 saturated heterocycles. The van der Waals surface area contributed by atoms with Crippen molar-refractivity contribution in [3.8, 4) is 0 Å². The van der Waals surface area contributed by atoms with Crippen molar-refractivity contribution in [3.05, 3.63) is 0 Å². The summed E-state index contributed by atoms with van der Waals surface area (Å²) in [7, 11) is 0. The number of aliphatic carboxylic acids is 1. The first-order valence-corrected chi connectivity index (χ1v) is 6.34. The van der Waals surface area contributed by atoms with Crippen LogP contribution in [0.2, 0.25) is 0 Å². The molecule has 1 rings (SSSR count). The van der Waals surface area contributed by atoms with Crippen LogP contribution in [-0.2, 0) is 9.59 Å². The Morgan fingerprint density at radius 1 is 1.41 bits per heavy atom. The smallest absolute Gasteiger partial charge is 0.329 e. The Bertz CT molecular complexity index is 314. The summed E-state index contributed by atoms with van der Waals surface area (Å²) in [6.07, 6.45) is 3.08. The molecule has 1 fully saturated rings. The lowest BCUT2D eigenvalue weighted by Gasteiger charge is -2.46. The van der Waals surface area contributed by atoms with Gasteiger partial charge >= 0.3 is 5.97 Å². The third kappa shape index (κ3) is 2.61. The minimum Gasteiger partial charge on any atom is -0.479 e. The van der Waals surface area contributed by atoms with Crippen LogP contribution in [0.25, 0.3) is 0 Å². The van der Waals surface area contributed by atoms with E-state index in [9.17, 15) is 14.7 Å². The van der Waals surface area contributed by atoms with Crippen LogP contribution in [0.4, 0.5) is 0 Å². The molecule has 1 saturated carbocycles. The third-order valence-electron chi connectivity index (χ3n) is 3.69. The molecular weight excluding hydrogens is 218 g/mol. The molecule has 0 bridgehead atoms. The molecule has 2 unspecified atom stereocenters. The maximum Gasteiger partial charge on any atom is 0.329 e. The Hall–Kier alpha value is -1.06. The third-order valence-corrected chi connectivity index (χ3v) is 3.69. The number of carbonyl (C=O) groups excluding carboxylic acids is 1. The van der Waals surface area contributed by atoms with Gasteiger partial charge in [-0.1, -0.05) is 19.8 Å². The van der Waals surface area contributed by atoms with Crippen molar-refractivity contribution in [2.75, 3.05) is 0 Å². The van der Waals surface area contributed by atoms with Gasteiger partial charge < -0.3 is 10.0 Å². The molecular formula is C13H23NO3. The molecule has 1 aliphatic carbocycles. The van der Waals surface area contributed by atoms with Gasteiger partial charge in [-0.2, -0.15) is 0 Å². The van der Waals surface area contributed by atoms with Gasteiger partial charge in [0, 0.05) is 13.0 Å². The Balaban J connectivity index is 3.13. The van der Waals surface area contributed by atoms with E-state index in [1.165, 1.54) is 6.92 Å². The average molecular weight is 241 g/mol. The molecule has 17 heavy (non-hydrogen) atoms. The predicted molar refractivity (Wildman–Crippen MR) is 65.7 cm³/mol. The SMILES string of the molecule is CC(=O)N(C(C)C)C1(C(=O)O)CCCC(C)C1. The van der Waals surface area contributed by atoms with E-state index in [0.717, 1.165) is 12.8 Å². The Morgan fingerprint density at radius 3 is 2.35 bits per heavy atom. The standard InChI is InChI=1S/C13H23NO3/c1-9(2)14(11(4)15)13(12(16)17)7-5-6-10(3)8-13/h9-10H,5-8H2,1-4H3,(H,16,17). The highest BCUT2D eigenvalue weighted by molar-refractivity contribution is 5.86. The van der Waals surface area contributed by atoms with E-state index < -0.39 is 11.5 Å². The zero-order valence-electron chi connectivity index (χ0n) is 11.2. The Morgan fingerprint density at radius 2 is 2.00 bits per heavy atom. The highest BCUT2D eigenvalue weighted by Crippen LogP contribution is 2.38. The summed E-state index contributed by atoms with van der Waals surface area (Å²) in [5.74, 6) is -0.634. The molecule has 0 aromatic carbocycles. The van der Waals surface area contributed by atoms with Crippen LogP contribution in [0.15, 0.2) is 0 Å². The van der Waals surface area contributed by atoms with Crippen molar-refractivity contribution in [1.82, 2.24) is 4.90 Å². The number of amides is 1. The molecule has 0 aromatic heterocycles. The van der Waals surface area contributed by atoms with Gasteiger partial charge in [0.25, 0.3) is 0 Å². The van der Waals surface area contributed by atoms with Gasteiger partial charge in [0.1, 0.15) is 5.54 Å². The molecule has 1 aliphatic rings. The van der Waals surface area contributed by atoms with Gasteiger partial charge in [0.2, 0.25) is 5.91 Å². The fourth-order valence-corrected chi connectivity index (χ4v) is 3.20. The first-order chi connectivity index (χ1) is 7.81. The van der Waals surface area contributed by atoms with Crippen molar-refractivity contribution >= 4 is 11.9 Å². The van der Waals surface area contributed by atoms with Gasteiger partial charge in [-0.15, -0.1) is 0 Å². The maximum atomic E-state index is 11.8. The number of hydrogen-bond acceptors (Lipinski definition) is 2. The van der Waals surface area contributed by atoms with Crippen LogP contribution in [0.3, 0.4) is 0 Å². The van der Waals surface area contributed by atoms with Crippen LogP contribution < -0.4 is 0 Å². The molecule has 4 nitrogen and oxygen atoms in total. The van der Waals surface area contributed by atoms with Crippen molar-refractivity contribution < 1.29 is 14.7 Å². The van der Waals surface area contributed by atoms with Gasteiger partial charge in [-0.3, -0.25) is 4.79 Å². The lowest BCUT2D eigenvalue weighted by Crippen LogP contribution is -2.60. The molecule has 0 radical (unpaired) electrons. The van der Waals surface area contributed by atoms with E-state index >= 15 is 0 Å². The summed E-state index contributed by atoms with van der Waals surface area (Å²) >= 11 is 0. The van der Waals surface area contributed by atoms with E-state index in [1.807, 2.05) is 13.8 Å². The van der Waals surface area contributed by atoms with E-state index in [1.54, 1.807) is 4.90 Å². The zero-order valence-corrected chi connectivity index (χ0v) is 11.2. The van der Waals surface area contributed by atoms with Gasteiger partial charge in [-0.25, -0.2) is 4.79 Å². The van der Waals surface area contributed by atoms with E-state index in [0.29, 0.717) is 18.8 Å². The van der Waals surface area contributed by atoms with Crippen molar-refractivity contribution in [2.24, 2.45) is 5.92 Å². The fraction of sp³-hybridized carbons (Fsp3) is 0.846. The molecule has 1 N–H and O–H groups in total. The summed E-state index contributed by atoms with van der Waals surface area (Å²) in [5, 5.41) is 9.58. The average Bonchev–Trinajstić information content (AvgIpc) is 2.15. The maximum absolute atomic E-state index is 11.8. The number of nitrogens with zero attached hydrogens (tertiary/aromatic N) is 1. The number of carboxylic acids is 1. The lowest BCUT2D eigenvalue weighted by atomic mass is 9.74. The largest absolute Gasteiger partial charge is 0.479 e. The Kier molecular flexibility index (Phi) is 4.17. The zero-order chi connectivity index (χ0) is 13.2. The summed E-state index contributed by atoms with van der Waals surface area (Å²) in [5.41, 5.74) is -0.988. The van der Waals surface area contributed by atoms with Gasteiger partial charge in [-0.05, 0) is 32.6 Å². The summed E-state index contributed by atoms with van der Waals surface area (Å²) < 4.78 is 0. The first kappa shape index (κ1) is 14.0. The van der Waals surface area contributed by atoms with Crippen molar-refractivity contribution in [3.63, 3.8) is 0 Å². The molecule has 98 valence electrons. The van der Waals surface area contributed by atoms with Crippen LogP contribution in [-0.4, -0.2) is 33.5 Å². The number of carbonyl (C=O) groups is 2. The molecule has 0 aromatic rings. The lowest BCUT2D eigenvalue weighted by molar-refractivity contribution is -0.165. The molecule has 2 atom stereocenters. The summed E-state index contributed by atoms with van der Waals surface area (Å²) in [6, 6.07) is -0.0751. The molecule has 4 heteroatoms. The minimum absolute atomic E-state index is 0.0751. The van der Waals surface area contributed by atoms with Crippen molar-refractivity contribution in [2.45, 2.75) is 65.0 Å². The molecule has 0 heterocycles. The van der Waals surface area contributed by atoms with Crippen LogP contribution in [0.5, 0.6) is 0 Å². The van der Waals surface area contributed by atoms with Crippen LogP contribution >= 0.6 is 0 Å². The second-order valence-corrected chi connectivity index (χ2v) is 5.52. The number of rotatable bonds is 3. The molecule has 0 spiro atoms. The minimum atomic E-state index is -0.988. The van der Waals surface area contributed by atoms with Gasteiger partial charge in [0.15, 0.2) is 0 Å². The highest BCUT2D eigenvalue weighted by atomic mass is 16.4. The second kappa shape index (κ2) is 5.07. The van der Waals surface area contributed by atoms with E-state index in [2.05, 4.69) is 6.92 Å². The molecule has 1 amide bonds. The van der Waals surface area contributed by atoms with Gasteiger partial charge in [0.05, 0.1) is 0 Å². The predicted octanol–water partition coefficient (Wildman–Crippen LogP) is 2.28. The number of hydrogen-bond donors (Lipinski definition) is 1. The highest BCUT2D eigenvalue weighted by Gasteiger charge is 2.48. The number of carboxylic acid groups (broad SMARTS) is 1. The summed E-state index contributed by atoms with van der Waals surface area (Å²) in [4.78, 5) is 25.0. The monoisotopic (exact) mass is 241 g/mol. The summed E-state index contributed by atoms with van der Waals surface area (Å²) in [6.45, 7) is 7.29. The van der Waals surface area contributed by atoms with E-state index in [-0.39, 0.29) is 11.9 Å². The first-order valence-electron chi connectivity index (χ1n) is 6.34.